The highest BCUT2D eigenvalue weighted by molar-refractivity contribution is 7.13. The van der Waals surface area contributed by atoms with E-state index < -0.39 is 11.7 Å². The molecule has 0 atom stereocenters. The highest BCUT2D eigenvalue weighted by Gasteiger charge is 2.30. The van der Waals surface area contributed by atoms with Gasteiger partial charge < -0.3 is 0 Å². The van der Waals surface area contributed by atoms with Gasteiger partial charge in [-0.2, -0.15) is 13.2 Å². The van der Waals surface area contributed by atoms with Crippen LogP contribution >= 0.6 is 11.3 Å². The molecule has 0 saturated carbocycles. The Balaban J connectivity index is 1.31. The van der Waals surface area contributed by atoms with Crippen LogP contribution in [0.25, 0.3) is 10.6 Å². The predicted molar refractivity (Wildman–Crippen MR) is 107 cm³/mol. The Labute approximate surface area is 171 Å². The molecule has 4 rings (SSSR count). The number of alkyl halides is 3. The number of hydrogen-bond acceptors (Lipinski definition) is 5. The molecule has 0 radical (unpaired) electrons. The van der Waals surface area contributed by atoms with Crippen LogP contribution in [0.15, 0.2) is 54.0 Å². The minimum atomic E-state index is -4.31. The maximum atomic E-state index is 12.7. The second kappa shape index (κ2) is 8.61. The Morgan fingerprint density at radius 1 is 0.862 bits per heavy atom. The number of rotatable bonds is 5. The topological polar surface area (TPSA) is 32.3 Å². The summed E-state index contributed by atoms with van der Waals surface area (Å²) < 4.78 is 38.1. The van der Waals surface area contributed by atoms with Gasteiger partial charge in [-0.25, -0.2) is 4.98 Å². The Bertz CT molecular complexity index is 917. The fraction of sp³-hybridized carbons (Fsp3) is 0.333. The molecule has 0 spiro atoms. The molecule has 0 aliphatic carbocycles. The van der Waals surface area contributed by atoms with E-state index in [0.717, 1.165) is 73.4 Å². The van der Waals surface area contributed by atoms with E-state index in [4.69, 9.17) is 0 Å². The van der Waals surface area contributed by atoms with E-state index in [1.54, 1.807) is 0 Å². The highest BCUT2D eigenvalue weighted by atomic mass is 32.1. The third-order valence-corrected chi connectivity index (χ3v) is 5.91. The maximum absolute atomic E-state index is 12.7. The van der Waals surface area contributed by atoms with Crippen LogP contribution in [0.3, 0.4) is 0 Å². The summed E-state index contributed by atoms with van der Waals surface area (Å²) in [7, 11) is 0. The van der Waals surface area contributed by atoms with E-state index in [-0.39, 0.29) is 0 Å². The first kappa shape index (κ1) is 20.0. The predicted octanol–water partition coefficient (Wildman–Crippen LogP) is 4.54. The normalized spacial score (nSPS) is 16.2. The fourth-order valence-corrected chi connectivity index (χ4v) is 4.19. The van der Waals surface area contributed by atoms with Crippen molar-refractivity contribution in [1.82, 2.24) is 19.8 Å². The zero-order valence-corrected chi connectivity index (χ0v) is 16.6. The number of thiazole rings is 1. The van der Waals surface area contributed by atoms with E-state index in [2.05, 4.69) is 19.8 Å². The average molecular weight is 418 g/mol. The summed E-state index contributed by atoms with van der Waals surface area (Å²) >= 11 is 1.47. The third-order valence-electron chi connectivity index (χ3n) is 4.97. The molecule has 1 aliphatic rings. The summed E-state index contributed by atoms with van der Waals surface area (Å²) in [6.07, 6.45) is -2.49. The van der Waals surface area contributed by atoms with Crippen molar-refractivity contribution < 1.29 is 13.2 Å². The van der Waals surface area contributed by atoms with Crippen molar-refractivity contribution in [1.29, 1.82) is 0 Å². The summed E-state index contributed by atoms with van der Waals surface area (Å²) in [4.78, 5) is 13.8. The molecule has 0 N–H and O–H groups in total. The number of hydrogen-bond donors (Lipinski definition) is 0. The summed E-state index contributed by atoms with van der Waals surface area (Å²) in [5, 5.41) is 2.75. The average Bonchev–Trinajstić information content (AvgIpc) is 3.18. The molecule has 0 unspecified atom stereocenters. The molecular formula is C21H21F3N4S. The Kier molecular flexibility index (Phi) is 5.94. The molecule has 2 aromatic heterocycles. The molecule has 0 amide bonds. The van der Waals surface area contributed by atoms with E-state index in [1.807, 2.05) is 29.8 Å². The second-order valence-corrected chi connectivity index (χ2v) is 7.95. The van der Waals surface area contributed by atoms with Gasteiger partial charge in [0.2, 0.25) is 0 Å². The number of pyridine rings is 1. The van der Waals surface area contributed by atoms with Crippen LogP contribution in [0.4, 0.5) is 13.2 Å². The molecule has 1 saturated heterocycles. The van der Waals surface area contributed by atoms with Crippen molar-refractivity contribution in [3.8, 4) is 10.6 Å². The van der Waals surface area contributed by atoms with Crippen LogP contribution in [-0.4, -0.2) is 45.9 Å². The molecule has 3 aromatic rings. The van der Waals surface area contributed by atoms with Crippen LogP contribution in [0.1, 0.15) is 17.0 Å². The number of aromatic nitrogens is 2. The summed E-state index contributed by atoms with van der Waals surface area (Å²) in [5.41, 5.74) is 2.13. The zero-order chi connectivity index (χ0) is 20.3. The lowest BCUT2D eigenvalue weighted by atomic mass is 10.1. The highest BCUT2D eigenvalue weighted by Crippen LogP contribution is 2.32. The quantitative estimate of drug-likeness (QED) is 0.609. The van der Waals surface area contributed by atoms with E-state index in [1.165, 1.54) is 23.5 Å². The monoisotopic (exact) mass is 418 g/mol. The van der Waals surface area contributed by atoms with Gasteiger partial charge in [-0.1, -0.05) is 18.2 Å². The molecule has 3 heterocycles. The van der Waals surface area contributed by atoms with E-state index in [9.17, 15) is 13.2 Å². The number of benzene rings is 1. The number of piperazine rings is 1. The molecule has 4 nitrogen and oxygen atoms in total. The fourth-order valence-electron chi connectivity index (χ4n) is 3.37. The van der Waals surface area contributed by atoms with Gasteiger partial charge in [0.15, 0.2) is 0 Å². The molecular weight excluding hydrogens is 397 g/mol. The lowest BCUT2D eigenvalue weighted by Crippen LogP contribution is -2.45. The Morgan fingerprint density at radius 3 is 2.10 bits per heavy atom. The van der Waals surface area contributed by atoms with E-state index in [0.29, 0.717) is 0 Å². The SMILES string of the molecule is FC(F)(F)c1ccc(-c2nc(CN3CCN(Cc4ccccn4)CC3)cs2)cc1. The van der Waals surface area contributed by atoms with E-state index >= 15 is 0 Å². The lowest BCUT2D eigenvalue weighted by Gasteiger charge is -2.34. The van der Waals surface area contributed by atoms with Gasteiger partial charge in [0.25, 0.3) is 0 Å². The van der Waals surface area contributed by atoms with Gasteiger partial charge >= 0.3 is 6.18 Å². The Morgan fingerprint density at radius 2 is 1.52 bits per heavy atom. The molecule has 1 fully saturated rings. The van der Waals surface area contributed by atoms with Crippen molar-refractivity contribution >= 4 is 11.3 Å². The van der Waals surface area contributed by atoms with Crippen LogP contribution in [0, 0.1) is 0 Å². The smallest absolute Gasteiger partial charge is 0.295 e. The van der Waals surface area contributed by atoms with Gasteiger partial charge in [0.05, 0.1) is 17.0 Å². The van der Waals surface area contributed by atoms with Crippen molar-refractivity contribution in [3.05, 3.63) is 71.0 Å². The first-order valence-electron chi connectivity index (χ1n) is 9.44. The standard InChI is InChI=1S/C21H21F3N4S/c22-21(23,24)17-6-4-16(5-7-17)20-26-19(15-29-20)14-28-11-9-27(10-12-28)13-18-3-1-2-8-25-18/h1-8,15H,9-14H2. The van der Waals surface area contributed by atoms with Crippen molar-refractivity contribution in [2.24, 2.45) is 0 Å². The number of halogens is 3. The van der Waals surface area contributed by atoms with Gasteiger partial charge in [-0.15, -0.1) is 11.3 Å². The molecule has 29 heavy (non-hydrogen) atoms. The van der Waals surface area contributed by atoms with Crippen molar-refractivity contribution in [3.63, 3.8) is 0 Å². The summed E-state index contributed by atoms with van der Waals surface area (Å²) in [6.45, 7) is 5.50. The van der Waals surface area contributed by atoms with Crippen LogP contribution < -0.4 is 0 Å². The summed E-state index contributed by atoms with van der Waals surface area (Å²) in [5.74, 6) is 0. The zero-order valence-electron chi connectivity index (χ0n) is 15.8. The number of nitrogens with zero attached hydrogens (tertiary/aromatic N) is 4. The molecule has 8 heteroatoms. The van der Waals surface area contributed by atoms with Gasteiger partial charge in [0.1, 0.15) is 5.01 Å². The molecule has 1 aliphatic heterocycles. The van der Waals surface area contributed by atoms with Crippen LogP contribution in [0.2, 0.25) is 0 Å². The minimum absolute atomic E-state index is 0.637. The lowest BCUT2D eigenvalue weighted by molar-refractivity contribution is -0.137. The van der Waals surface area contributed by atoms with Crippen molar-refractivity contribution in [2.75, 3.05) is 26.2 Å². The maximum Gasteiger partial charge on any atom is 0.416 e. The van der Waals surface area contributed by atoms with Gasteiger partial charge in [0, 0.05) is 56.4 Å². The van der Waals surface area contributed by atoms with Gasteiger partial charge in [-0.05, 0) is 24.3 Å². The summed E-state index contributed by atoms with van der Waals surface area (Å²) in [6, 6.07) is 11.2. The van der Waals surface area contributed by atoms with Gasteiger partial charge in [-0.3, -0.25) is 14.8 Å². The largest absolute Gasteiger partial charge is 0.416 e. The first-order chi connectivity index (χ1) is 14.0. The van der Waals surface area contributed by atoms with Crippen molar-refractivity contribution in [2.45, 2.75) is 19.3 Å². The molecule has 0 bridgehead atoms. The molecule has 1 aromatic carbocycles. The Hall–Kier alpha value is -2.29. The first-order valence-corrected chi connectivity index (χ1v) is 10.3. The second-order valence-electron chi connectivity index (χ2n) is 7.09. The third kappa shape index (κ3) is 5.20. The van der Waals surface area contributed by atoms with Crippen LogP contribution in [-0.2, 0) is 19.3 Å². The minimum Gasteiger partial charge on any atom is -0.295 e. The molecule has 152 valence electrons. The van der Waals surface area contributed by atoms with Crippen LogP contribution in [0.5, 0.6) is 0 Å².